The van der Waals surface area contributed by atoms with Crippen molar-refractivity contribution in [3.63, 3.8) is 0 Å². The topological polar surface area (TPSA) is 29.1 Å². The van der Waals surface area contributed by atoms with Crippen molar-refractivity contribution < 1.29 is 4.79 Å². The first-order chi connectivity index (χ1) is 10.0. The van der Waals surface area contributed by atoms with Crippen molar-refractivity contribution in [3.8, 4) is 0 Å². The summed E-state index contributed by atoms with van der Waals surface area (Å²) in [6.07, 6.45) is 0.807. The number of aryl methyl sites for hydroxylation is 2. The molecule has 0 saturated carbocycles. The highest BCUT2D eigenvalue weighted by atomic mass is 79.9. The van der Waals surface area contributed by atoms with Crippen LogP contribution in [0.1, 0.15) is 16.7 Å². The van der Waals surface area contributed by atoms with E-state index >= 15 is 0 Å². The largest absolute Gasteiger partial charge is 0.325 e. The molecule has 0 aromatic heterocycles. The minimum atomic E-state index is -0.0372. The molecule has 2 nitrogen and oxygen atoms in total. The third kappa shape index (κ3) is 3.16. The molecule has 1 N–H and O–H groups in total. The van der Waals surface area contributed by atoms with E-state index in [0.29, 0.717) is 0 Å². The number of hydrogen-bond acceptors (Lipinski definition) is 2. The Morgan fingerprint density at radius 2 is 2.05 bits per heavy atom. The smallest absolute Gasteiger partial charge is 0.238 e. The number of fused-ring (bicyclic) bond motifs is 1. The molecule has 3 rings (SSSR count). The highest BCUT2D eigenvalue weighted by Crippen LogP contribution is 2.38. The highest BCUT2D eigenvalue weighted by molar-refractivity contribution is 9.10. The Labute approximate surface area is 137 Å². The average molecular weight is 362 g/mol. The molecule has 1 amide bonds. The maximum atomic E-state index is 12.5. The van der Waals surface area contributed by atoms with E-state index in [1.54, 1.807) is 11.8 Å². The molecule has 0 radical (unpaired) electrons. The van der Waals surface area contributed by atoms with Gasteiger partial charge in [0.2, 0.25) is 5.91 Å². The highest BCUT2D eigenvalue weighted by Gasteiger charge is 2.28. The van der Waals surface area contributed by atoms with Crippen LogP contribution in [0, 0.1) is 13.8 Å². The van der Waals surface area contributed by atoms with Crippen LogP contribution in [-0.2, 0) is 11.2 Å². The molecule has 0 bridgehead atoms. The molecule has 0 aliphatic carbocycles. The van der Waals surface area contributed by atoms with Gasteiger partial charge in [-0.3, -0.25) is 4.79 Å². The molecule has 0 fully saturated rings. The first kappa shape index (κ1) is 14.7. The van der Waals surface area contributed by atoms with Crippen molar-refractivity contribution in [1.29, 1.82) is 0 Å². The van der Waals surface area contributed by atoms with E-state index < -0.39 is 0 Å². The Morgan fingerprint density at radius 1 is 1.24 bits per heavy atom. The predicted molar refractivity (Wildman–Crippen MR) is 92.0 cm³/mol. The second kappa shape index (κ2) is 5.85. The van der Waals surface area contributed by atoms with E-state index in [-0.39, 0.29) is 11.2 Å². The van der Waals surface area contributed by atoms with E-state index in [9.17, 15) is 4.79 Å². The molecule has 0 unspecified atom stereocenters. The van der Waals surface area contributed by atoms with Gasteiger partial charge in [0, 0.05) is 15.1 Å². The molecule has 0 spiro atoms. The van der Waals surface area contributed by atoms with Crippen LogP contribution in [0.15, 0.2) is 45.8 Å². The van der Waals surface area contributed by atoms with Gasteiger partial charge in [0.15, 0.2) is 0 Å². The van der Waals surface area contributed by atoms with Gasteiger partial charge >= 0.3 is 0 Å². The number of carbonyl (C=O) groups excluding carboxylic acids is 1. The quantitative estimate of drug-likeness (QED) is 0.838. The zero-order valence-electron chi connectivity index (χ0n) is 11.9. The number of hydrogen-bond donors (Lipinski definition) is 1. The molecule has 1 atom stereocenters. The maximum absolute atomic E-state index is 12.5. The summed E-state index contributed by atoms with van der Waals surface area (Å²) in [4.78, 5) is 13.7. The van der Waals surface area contributed by atoms with Gasteiger partial charge in [-0.2, -0.15) is 0 Å². The second-order valence-corrected chi connectivity index (χ2v) is 7.53. The van der Waals surface area contributed by atoms with Crippen molar-refractivity contribution in [1.82, 2.24) is 0 Å². The Morgan fingerprint density at radius 3 is 2.81 bits per heavy atom. The van der Waals surface area contributed by atoms with Crippen molar-refractivity contribution in [3.05, 3.63) is 57.6 Å². The molecule has 0 saturated heterocycles. The molecule has 21 heavy (non-hydrogen) atoms. The number of amides is 1. The normalized spacial score (nSPS) is 16.6. The maximum Gasteiger partial charge on any atom is 0.238 e. The second-order valence-electron chi connectivity index (χ2n) is 5.37. The summed E-state index contributed by atoms with van der Waals surface area (Å²) in [5.41, 5.74) is 4.47. The summed E-state index contributed by atoms with van der Waals surface area (Å²) >= 11 is 5.10. The lowest BCUT2D eigenvalue weighted by molar-refractivity contribution is -0.115. The number of benzene rings is 2. The van der Waals surface area contributed by atoms with Gasteiger partial charge in [-0.15, -0.1) is 11.8 Å². The third-order valence-corrected chi connectivity index (χ3v) is 5.43. The van der Waals surface area contributed by atoms with Crippen LogP contribution >= 0.6 is 27.7 Å². The van der Waals surface area contributed by atoms with Crippen molar-refractivity contribution >= 4 is 39.3 Å². The number of halogens is 1. The molecule has 1 aliphatic heterocycles. The molecule has 108 valence electrons. The summed E-state index contributed by atoms with van der Waals surface area (Å²) in [6, 6.07) is 12.3. The van der Waals surface area contributed by atoms with Crippen LogP contribution in [0.2, 0.25) is 0 Å². The molecular weight excluding hydrogens is 346 g/mol. The van der Waals surface area contributed by atoms with Gasteiger partial charge in [0.1, 0.15) is 0 Å². The Balaban J connectivity index is 1.73. The van der Waals surface area contributed by atoms with Crippen LogP contribution in [0.25, 0.3) is 0 Å². The summed E-state index contributed by atoms with van der Waals surface area (Å²) in [5.74, 6) is 0.0827. The third-order valence-electron chi connectivity index (χ3n) is 3.64. The number of anilines is 1. The Hall–Kier alpha value is -1.26. The van der Waals surface area contributed by atoms with Gasteiger partial charge in [0.25, 0.3) is 0 Å². The SMILES string of the molecule is Cc1ccc2c(c1)S[C@@H](C(=O)Nc1ccc(Br)cc1C)C2. The Bertz CT molecular complexity index is 714. The summed E-state index contributed by atoms with van der Waals surface area (Å²) in [5, 5.41) is 3.01. The minimum absolute atomic E-state index is 0.0372. The van der Waals surface area contributed by atoms with E-state index in [1.807, 2.05) is 25.1 Å². The minimum Gasteiger partial charge on any atom is -0.325 e. The van der Waals surface area contributed by atoms with Gasteiger partial charge < -0.3 is 5.32 Å². The van der Waals surface area contributed by atoms with Gasteiger partial charge in [-0.1, -0.05) is 33.6 Å². The van der Waals surface area contributed by atoms with Crippen LogP contribution in [0.5, 0.6) is 0 Å². The standard InChI is InChI=1S/C17H16BrNOS/c1-10-3-4-12-9-16(21-15(12)7-10)17(20)19-14-6-5-13(18)8-11(14)2/h3-8,16H,9H2,1-2H3,(H,19,20)/t16-/m1/s1. The number of carbonyl (C=O) groups is 1. The first-order valence-corrected chi connectivity index (χ1v) is 8.53. The summed E-state index contributed by atoms with van der Waals surface area (Å²) in [6.45, 7) is 4.08. The van der Waals surface area contributed by atoms with Crippen LogP contribution < -0.4 is 5.32 Å². The van der Waals surface area contributed by atoms with Crippen LogP contribution in [0.4, 0.5) is 5.69 Å². The number of rotatable bonds is 2. The van der Waals surface area contributed by atoms with E-state index in [1.165, 1.54) is 16.0 Å². The summed E-state index contributed by atoms with van der Waals surface area (Å²) in [7, 11) is 0. The van der Waals surface area contributed by atoms with Crippen LogP contribution in [0.3, 0.4) is 0 Å². The fourth-order valence-electron chi connectivity index (χ4n) is 2.46. The lowest BCUT2D eigenvalue weighted by atomic mass is 10.1. The monoisotopic (exact) mass is 361 g/mol. The van der Waals surface area contributed by atoms with Gasteiger partial charge in [-0.05, 0) is 55.7 Å². The molecule has 2 aromatic rings. The molecule has 1 heterocycles. The number of thioether (sulfide) groups is 1. The van der Waals surface area contributed by atoms with E-state index in [4.69, 9.17) is 0 Å². The number of nitrogens with one attached hydrogen (secondary N) is 1. The van der Waals surface area contributed by atoms with Gasteiger partial charge in [-0.25, -0.2) is 0 Å². The fraction of sp³-hybridized carbons (Fsp3) is 0.235. The lowest BCUT2D eigenvalue weighted by Gasteiger charge is -2.12. The molecule has 1 aliphatic rings. The van der Waals surface area contributed by atoms with E-state index in [2.05, 4.69) is 46.4 Å². The van der Waals surface area contributed by atoms with Crippen molar-refractivity contribution in [2.75, 3.05) is 5.32 Å². The summed E-state index contributed by atoms with van der Waals surface area (Å²) < 4.78 is 1.02. The molecular formula is C17H16BrNOS. The van der Waals surface area contributed by atoms with Crippen molar-refractivity contribution in [2.45, 2.75) is 30.4 Å². The lowest BCUT2D eigenvalue weighted by Crippen LogP contribution is -2.25. The van der Waals surface area contributed by atoms with Crippen molar-refractivity contribution in [2.24, 2.45) is 0 Å². The zero-order chi connectivity index (χ0) is 15.0. The van der Waals surface area contributed by atoms with Gasteiger partial charge in [0.05, 0.1) is 5.25 Å². The fourth-order valence-corrected chi connectivity index (χ4v) is 4.23. The predicted octanol–water partition coefficient (Wildman–Crippen LogP) is 4.72. The molecule has 2 aromatic carbocycles. The average Bonchev–Trinajstić information content (AvgIpc) is 2.85. The van der Waals surface area contributed by atoms with Crippen LogP contribution in [-0.4, -0.2) is 11.2 Å². The Kier molecular flexibility index (Phi) is 4.09. The first-order valence-electron chi connectivity index (χ1n) is 6.86. The molecule has 4 heteroatoms. The van der Waals surface area contributed by atoms with E-state index in [0.717, 1.165) is 22.1 Å². The zero-order valence-corrected chi connectivity index (χ0v) is 14.3.